The highest BCUT2D eigenvalue weighted by molar-refractivity contribution is 9.09. The van der Waals surface area contributed by atoms with Crippen LogP contribution in [0.25, 0.3) is 16.6 Å². The Bertz CT molecular complexity index is 1640. The standard InChI is InChI=1S/C35H39BrF2N2O4S/c1-4-39(26-17-24(37)16-25(38)18-26)35(42)32-23-40(27-19-28(43-5-2)21-29(20-27)44-6-3)33-22-30(12-13-31(33)34(32)41)45-15-11-9-7-8-10-14-36/h12-13,16-23H,4-11,14-15H2,1-3H3. The molecule has 45 heavy (non-hydrogen) atoms. The minimum absolute atomic E-state index is 0.0296. The molecule has 0 saturated heterocycles. The van der Waals surface area contributed by atoms with E-state index in [4.69, 9.17) is 9.47 Å². The zero-order chi connectivity index (χ0) is 32.3. The number of ether oxygens (including phenoxy) is 2. The van der Waals surface area contributed by atoms with Crippen molar-refractivity contribution in [1.82, 2.24) is 4.57 Å². The Kier molecular flexibility index (Phi) is 12.9. The number of rotatable bonds is 16. The van der Waals surface area contributed by atoms with Crippen LogP contribution in [-0.2, 0) is 0 Å². The zero-order valence-corrected chi connectivity index (χ0v) is 28.3. The van der Waals surface area contributed by atoms with E-state index in [9.17, 15) is 18.4 Å². The van der Waals surface area contributed by atoms with Crippen LogP contribution in [0.3, 0.4) is 0 Å². The molecule has 0 saturated carbocycles. The van der Waals surface area contributed by atoms with E-state index in [1.165, 1.54) is 30.4 Å². The molecule has 0 spiro atoms. The summed E-state index contributed by atoms with van der Waals surface area (Å²) in [5.41, 5.74) is 0.697. The van der Waals surface area contributed by atoms with Gasteiger partial charge < -0.3 is 18.9 Å². The fraction of sp³-hybridized carbons (Fsp3) is 0.371. The van der Waals surface area contributed by atoms with Gasteiger partial charge in [-0.05, 0) is 69.7 Å². The number of benzene rings is 3. The first kappa shape index (κ1) is 34.5. The van der Waals surface area contributed by atoms with Gasteiger partial charge in [0.25, 0.3) is 5.91 Å². The first-order valence-electron chi connectivity index (χ1n) is 15.4. The number of nitrogens with zero attached hydrogens (tertiary/aromatic N) is 2. The third-order valence-corrected chi connectivity index (χ3v) is 8.88. The first-order valence-corrected chi connectivity index (χ1v) is 17.5. The lowest BCUT2D eigenvalue weighted by molar-refractivity contribution is 0.0987. The second-order valence-electron chi connectivity index (χ2n) is 10.4. The lowest BCUT2D eigenvalue weighted by atomic mass is 10.1. The molecule has 1 amide bonds. The van der Waals surface area contributed by atoms with Crippen LogP contribution in [0.15, 0.2) is 70.5 Å². The number of aromatic nitrogens is 1. The maximum Gasteiger partial charge on any atom is 0.263 e. The van der Waals surface area contributed by atoms with Crippen LogP contribution in [0.1, 0.15) is 63.2 Å². The van der Waals surface area contributed by atoms with Gasteiger partial charge in [-0.2, -0.15) is 0 Å². The van der Waals surface area contributed by atoms with Gasteiger partial charge in [0.15, 0.2) is 0 Å². The zero-order valence-electron chi connectivity index (χ0n) is 25.9. The summed E-state index contributed by atoms with van der Waals surface area (Å²) in [6, 6.07) is 14.0. The van der Waals surface area contributed by atoms with E-state index in [1.807, 2.05) is 38.1 Å². The molecule has 240 valence electrons. The van der Waals surface area contributed by atoms with Crippen molar-refractivity contribution < 1.29 is 23.0 Å². The molecule has 4 aromatic rings. The molecule has 0 aliphatic carbocycles. The van der Waals surface area contributed by atoms with E-state index in [1.54, 1.807) is 35.4 Å². The molecule has 0 N–H and O–H groups in total. The number of alkyl halides is 1. The molecule has 0 bridgehead atoms. The van der Waals surface area contributed by atoms with Gasteiger partial charge in [-0.15, -0.1) is 11.8 Å². The van der Waals surface area contributed by atoms with Gasteiger partial charge in [-0.1, -0.05) is 35.2 Å². The van der Waals surface area contributed by atoms with Gasteiger partial charge in [0.1, 0.15) is 28.7 Å². The fourth-order valence-electron chi connectivity index (χ4n) is 5.16. The van der Waals surface area contributed by atoms with Gasteiger partial charge in [-0.3, -0.25) is 9.59 Å². The summed E-state index contributed by atoms with van der Waals surface area (Å²) in [5.74, 6) is -0.180. The van der Waals surface area contributed by atoms with E-state index in [2.05, 4.69) is 15.9 Å². The highest BCUT2D eigenvalue weighted by Crippen LogP contribution is 2.31. The number of carbonyl (C=O) groups is 1. The van der Waals surface area contributed by atoms with Crippen LogP contribution in [0.5, 0.6) is 11.5 Å². The average molecular weight is 702 g/mol. The smallest absolute Gasteiger partial charge is 0.263 e. The van der Waals surface area contributed by atoms with Gasteiger partial charge in [-0.25, -0.2) is 8.78 Å². The highest BCUT2D eigenvalue weighted by Gasteiger charge is 2.23. The predicted molar refractivity (Wildman–Crippen MR) is 183 cm³/mol. The van der Waals surface area contributed by atoms with Crippen molar-refractivity contribution in [2.75, 3.05) is 35.7 Å². The maximum absolute atomic E-state index is 14.1. The number of halogens is 3. The number of thioether (sulfide) groups is 1. The van der Waals surface area contributed by atoms with Crippen LogP contribution in [0.4, 0.5) is 14.5 Å². The van der Waals surface area contributed by atoms with Crippen LogP contribution < -0.4 is 19.8 Å². The molecule has 1 heterocycles. The van der Waals surface area contributed by atoms with Crippen molar-refractivity contribution in [3.05, 3.63) is 88.2 Å². The summed E-state index contributed by atoms with van der Waals surface area (Å²) in [4.78, 5) is 30.0. The summed E-state index contributed by atoms with van der Waals surface area (Å²) in [6.45, 7) is 6.44. The van der Waals surface area contributed by atoms with Crippen molar-refractivity contribution >= 4 is 50.2 Å². The molecule has 1 aromatic heterocycles. The van der Waals surface area contributed by atoms with E-state index < -0.39 is 23.0 Å². The minimum Gasteiger partial charge on any atom is -0.494 e. The summed E-state index contributed by atoms with van der Waals surface area (Å²) < 4.78 is 41.7. The van der Waals surface area contributed by atoms with Crippen molar-refractivity contribution in [1.29, 1.82) is 0 Å². The number of hydrogen-bond donors (Lipinski definition) is 0. The van der Waals surface area contributed by atoms with Crippen LogP contribution >= 0.6 is 27.7 Å². The Morgan fingerprint density at radius 3 is 2.13 bits per heavy atom. The van der Waals surface area contributed by atoms with E-state index in [-0.39, 0.29) is 17.8 Å². The van der Waals surface area contributed by atoms with Crippen LogP contribution in [-0.4, -0.2) is 41.3 Å². The first-order chi connectivity index (χ1) is 21.8. The van der Waals surface area contributed by atoms with Crippen LogP contribution in [0.2, 0.25) is 0 Å². The van der Waals surface area contributed by atoms with Crippen molar-refractivity contribution in [2.24, 2.45) is 0 Å². The summed E-state index contributed by atoms with van der Waals surface area (Å²) in [7, 11) is 0. The molecule has 0 atom stereocenters. The molecule has 4 rings (SSSR count). The second-order valence-corrected chi connectivity index (χ2v) is 12.4. The molecular weight excluding hydrogens is 662 g/mol. The Morgan fingerprint density at radius 2 is 1.51 bits per heavy atom. The molecule has 0 aliphatic rings. The lowest BCUT2D eigenvalue weighted by Gasteiger charge is -2.22. The summed E-state index contributed by atoms with van der Waals surface area (Å²) in [6.07, 6.45) is 7.36. The molecule has 0 radical (unpaired) electrons. The largest absolute Gasteiger partial charge is 0.494 e. The Labute approximate surface area is 275 Å². The van der Waals surface area contributed by atoms with Crippen LogP contribution in [0, 0.1) is 11.6 Å². The molecule has 0 aliphatic heterocycles. The number of anilines is 1. The molecule has 6 nitrogen and oxygen atoms in total. The van der Waals surface area contributed by atoms with Crippen molar-refractivity contribution in [2.45, 2.75) is 57.8 Å². The number of amides is 1. The summed E-state index contributed by atoms with van der Waals surface area (Å²) in [5, 5.41) is 1.38. The number of hydrogen-bond acceptors (Lipinski definition) is 5. The van der Waals surface area contributed by atoms with E-state index >= 15 is 0 Å². The van der Waals surface area contributed by atoms with Gasteiger partial charge >= 0.3 is 0 Å². The Hall–Kier alpha value is -3.37. The quantitative estimate of drug-likeness (QED) is 0.0663. The molecule has 3 aromatic carbocycles. The van der Waals surface area contributed by atoms with E-state index in [0.29, 0.717) is 41.3 Å². The monoisotopic (exact) mass is 700 g/mol. The van der Waals surface area contributed by atoms with Gasteiger partial charge in [0, 0.05) is 58.3 Å². The predicted octanol–water partition coefficient (Wildman–Crippen LogP) is 9.17. The number of unbranched alkanes of at least 4 members (excludes halogenated alkanes) is 4. The normalized spacial score (nSPS) is 11.2. The maximum atomic E-state index is 14.1. The van der Waals surface area contributed by atoms with Gasteiger partial charge in [0.2, 0.25) is 5.43 Å². The molecule has 10 heteroatoms. The fourth-order valence-corrected chi connectivity index (χ4v) is 6.50. The number of fused-ring (bicyclic) bond motifs is 1. The molecule has 0 unspecified atom stereocenters. The number of carbonyl (C=O) groups excluding carboxylic acids is 1. The average Bonchev–Trinajstić information content (AvgIpc) is 3.01. The van der Waals surface area contributed by atoms with Crippen molar-refractivity contribution in [3.8, 4) is 17.2 Å². The lowest BCUT2D eigenvalue weighted by Crippen LogP contribution is -2.35. The second kappa shape index (κ2) is 16.8. The Morgan fingerprint density at radius 1 is 0.867 bits per heavy atom. The van der Waals surface area contributed by atoms with Gasteiger partial charge in [0.05, 0.1) is 24.4 Å². The van der Waals surface area contributed by atoms with Crippen molar-refractivity contribution in [3.63, 3.8) is 0 Å². The topological polar surface area (TPSA) is 60.8 Å². The third-order valence-electron chi connectivity index (χ3n) is 7.24. The third kappa shape index (κ3) is 8.88. The Balaban J connectivity index is 1.82. The summed E-state index contributed by atoms with van der Waals surface area (Å²) >= 11 is 5.21. The SMILES string of the molecule is CCOc1cc(OCC)cc(-n2cc(C(=O)N(CC)c3cc(F)cc(F)c3)c(=O)c3ccc(SCCCCCCCBr)cc32)c1. The minimum atomic E-state index is -0.813. The number of pyridine rings is 1. The van der Waals surface area contributed by atoms with E-state index in [0.717, 1.165) is 47.0 Å². The molecule has 0 fully saturated rings. The molecular formula is C35H39BrF2N2O4S. The highest BCUT2D eigenvalue weighted by atomic mass is 79.9.